The Morgan fingerprint density at radius 1 is 1.21 bits per heavy atom. The summed E-state index contributed by atoms with van der Waals surface area (Å²) in [6, 6.07) is 3.26. The number of benzene rings is 1. The first-order chi connectivity index (χ1) is 15.6. The maximum absolute atomic E-state index is 14.7. The number of cyclic esters (lactones) is 1. The lowest BCUT2D eigenvalue weighted by Crippen LogP contribution is -2.36. The van der Waals surface area contributed by atoms with Crippen molar-refractivity contribution >= 4 is 12.0 Å². The third-order valence-corrected chi connectivity index (χ3v) is 5.31. The Balaban J connectivity index is 2.05. The van der Waals surface area contributed by atoms with Gasteiger partial charge in [0, 0.05) is 19.6 Å². The highest BCUT2D eigenvalue weighted by Gasteiger charge is 2.45. The van der Waals surface area contributed by atoms with E-state index in [2.05, 4.69) is 0 Å². The summed E-state index contributed by atoms with van der Waals surface area (Å²) in [5.74, 6) is -1.66. The molecule has 1 N–H and O–H groups in total. The number of halogens is 1. The quantitative estimate of drug-likeness (QED) is 0.530. The molecule has 2 heterocycles. The van der Waals surface area contributed by atoms with Gasteiger partial charge in [-0.1, -0.05) is 12.2 Å². The number of carbonyl (C=O) groups excluding carboxylic acids is 1. The van der Waals surface area contributed by atoms with E-state index < -0.39 is 42.0 Å². The number of hydrogen-bond donors (Lipinski definition) is 1. The number of fused-ring (bicyclic) bond motifs is 2. The molecule has 0 amide bonds. The fraction of sp³-hybridized carbons (Fsp3) is 0.542. The second kappa shape index (κ2) is 10.6. The van der Waals surface area contributed by atoms with Crippen molar-refractivity contribution in [3.8, 4) is 11.5 Å². The zero-order chi connectivity index (χ0) is 24.2. The minimum absolute atomic E-state index is 0.0614. The van der Waals surface area contributed by atoms with Crippen molar-refractivity contribution < 1.29 is 42.7 Å². The van der Waals surface area contributed by atoms with Gasteiger partial charge in [-0.3, -0.25) is 0 Å². The fourth-order valence-corrected chi connectivity index (χ4v) is 3.80. The van der Waals surface area contributed by atoms with Gasteiger partial charge >= 0.3 is 5.97 Å². The number of aliphatic hydroxyl groups excluding tert-OH is 1. The first-order valence-corrected chi connectivity index (χ1v) is 10.8. The first kappa shape index (κ1) is 25.2. The molecule has 3 rings (SSSR count). The SMILES string of the molecule is COCOc1cc(OC)cc2c1C(=O)OC(C)C/C=C(/F)C(O)C1OC(C)(C)O[C@H]1CC=C2. The molecular weight excluding hydrogens is 435 g/mol. The number of esters is 1. The number of ether oxygens (including phenoxy) is 6. The van der Waals surface area contributed by atoms with Crippen LogP contribution in [0.25, 0.3) is 6.08 Å². The van der Waals surface area contributed by atoms with Crippen LogP contribution in [0.5, 0.6) is 11.5 Å². The summed E-state index contributed by atoms with van der Waals surface area (Å²) < 4.78 is 47.9. The zero-order valence-corrected chi connectivity index (χ0v) is 19.5. The van der Waals surface area contributed by atoms with Gasteiger partial charge in [0.25, 0.3) is 0 Å². The summed E-state index contributed by atoms with van der Waals surface area (Å²) in [6.07, 6.45) is 1.37. The van der Waals surface area contributed by atoms with Crippen LogP contribution in [0.3, 0.4) is 0 Å². The van der Waals surface area contributed by atoms with Crippen molar-refractivity contribution in [2.24, 2.45) is 0 Å². The lowest BCUT2D eigenvalue weighted by Gasteiger charge is -2.22. The van der Waals surface area contributed by atoms with Crippen LogP contribution in [-0.4, -0.2) is 62.3 Å². The molecule has 0 aliphatic carbocycles. The summed E-state index contributed by atoms with van der Waals surface area (Å²) in [5.41, 5.74) is 0.699. The van der Waals surface area contributed by atoms with Crippen LogP contribution in [-0.2, 0) is 18.9 Å². The second-order valence-corrected chi connectivity index (χ2v) is 8.40. The van der Waals surface area contributed by atoms with Gasteiger partial charge in [-0.15, -0.1) is 0 Å². The number of methoxy groups -OCH3 is 2. The second-order valence-electron chi connectivity index (χ2n) is 8.40. The van der Waals surface area contributed by atoms with Crippen LogP contribution in [0.15, 0.2) is 30.1 Å². The molecule has 2 aliphatic rings. The van der Waals surface area contributed by atoms with Gasteiger partial charge < -0.3 is 33.5 Å². The summed E-state index contributed by atoms with van der Waals surface area (Å²) in [4.78, 5) is 13.1. The van der Waals surface area contributed by atoms with Crippen LogP contribution in [0.4, 0.5) is 4.39 Å². The summed E-state index contributed by atoms with van der Waals surface area (Å²) in [5, 5.41) is 10.5. The Bertz CT molecular complexity index is 910. The van der Waals surface area contributed by atoms with Gasteiger partial charge in [-0.05, 0) is 44.9 Å². The lowest BCUT2D eigenvalue weighted by atomic mass is 10.0. The predicted molar refractivity (Wildman–Crippen MR) is 118 cm³/mol. The van der Waals surface area contributed by atoms with Crippen LogP contribution in [0.1, 0.15) is 49.5 Å². The number of rotatable bonds is 4. The van der Waals surface area contributed by atoms with E-state index in [1.165, 1.54) is 20.3 Å². The maximum atomic E-state index is 14.7. The monoisotopic (exact) mass is 466 g/mol. The van der Waals surface area contributed by atoms with Crippen LogP contribution < -0.4 is 9.47 Å². The summed E-state index contributed by atoms with van der Waals surface area (Å²) in [6.45, 7) is 4.97. The minimum atomic E-state index is -1.50. The topological polar surface area (TPSA) is 92.7 Å². The van der Waals surface area contributed by atoms with Gasteiger partial charge in [-0.25, -0.2) is 9.18 Å². The van der Waals surface area contributed by atoms with Gasteiger partial charge in [0.15, 0.2) is 12.6 Å². The molecule has 1 aromatic carbocycles. The lowest BCUT2D eigenvalue weighted by molar-refractivity contribution is -0.153. The molecule has 0 saturated carbocycles. The van der Waals surface area contributed by atoms with E-state index in [1.54, 1.807) is 45.1 Å². The third-order valence-electron chi connectivity index (χ3n) is 5.31. The Morgan fingerprint density at radius 3 is 2.67 bits per heavy atom. The molecule has 4 atom stereocenters. The number of hydrogen-bond acceptors (Lipinski definition) is 8. The molecule has 2 aliphatic heterocycles. The summed E-state index contributed by atoms with van der Waals surface area (Å²) >= 11 is 0. The third kappa shape index (κ3) is 6.11. The van der Waals surface area contributed by atoms with Crippen LogP contribution in [0, 0.1) is 0 Å². The van der Waals surface area contributed by atoms with E-state index in [-0.39, 0.29) is 24.5 Å². The molecule has 1 saturated heterocycles. The molecule has 8 nitrogen and oxygen atoms in total. The normalized spacial score (nSPS) is 29.2. The molecule has 33 heavy (non-hydrogen) atoms. The average Bonchev–Trinajstić information content (AvgIpc) is 3.08. The van der Waals surface area contributed by atoms with E-state index in [1.807, 2.05) is 0 Å². The summed E-state index contributed by atoms with van der Waals surface area (Å²) in [7, 11) is 2.98. The molecule has 3 unspecified atom stereocenters. The Kier molecular flexibility index (Phi) is 8.12. The van der Waals surface area contributed by atoms with E-state index in [0.717, 1.165) is 0 Å². The zero-order valence-electron chi connectivity index (χ0n) is 19.5. The van der Waals surface area contributed by atoms with E-state index in [9.17, 15) is 14.3 Å². The van der Waals surface area contributed by atoms with Gasteiger partial charge in [0.05, 0.1) is 13.2 Å². The van der Waals surface area contributed by atoms with Gasteiger partial charge in [-0.2, -0.15) is 0 Å². The number of aliphatic hydroxyl groups is 1. The molecular formula is C24H31FO8. The van der Waals surface area contributed by atoms with Crippen LogP contribution >= 0.6 is 0 Å². The van der Waals surface area contributed by atoms with Crippen molar-refractivity contribution in [3.63, 3.8) is 0 Å². The van der Waals surface area contributed by atoms with Crippen molar-refractivity contribution in [1.29, 1.82) is 0 Å². The molecule has 0 bridgehead atoms. The van der Waals surface area contributed by atoms with Crippen molar-refractivity contribution in [2.75, 3.05) is 21.0 Å². The minimum Gasteiger partial charge on any atom is -0.497 e. The van der Waals surface area contributed by atoms with E-state index in [0.29, 0.717) is 17.7 Å². The van der Waals surface area contributed by atoms with Gasteiger partial charge in [0.2, 0.25) is 0 Å². The fourth-order valence-electron chi connectivity index (χ4n) is 3.80. The highest BCUT2D eigenvalue weighted by atomic mass is 19.1. The van der Waals surface area contributed by atoms with Crippen LogP contribution in [0.2, 0.25) is 0 Å². The maximum Gasteiger partial charge on any atom is 0.342 e. The smallest absolute Gasteiger partial charge is 0.342 e. The first-order valence-electron chi connectivity index (χ1n) is 10.8. The standard InChI is InChI=1S/C24H31FO8/c1-14-9-10-17(25)21(26)22-18(32-24(2,3)33-22)8-6-7-15-11-16(29-5)12-19(30-13-28-4)20(15)23(27)31-14/h6-7,10-12,14,18,21-22,26H,8-9,13H2,1-5H3/b7-6?,17-10+/t14?,18-,21?,22?/m0/s1. The highest BCUT2D eigenvalue weighted by molar-refractivity contribution is 5.97. The predicted octanol–water partition coefficient (Wildman–Crippen LogP) is 3.76. The molecule has 1 fully saturated rings. The largest absolute Gasteiger partial charge is 0.497 e. The molecule has 0 radical (unpaired) electrons. The van der Waals surface area contributed by atoms with Gasteiger partial charge in [0.1, 0.15) is 41.2 Å². The van der Waals surface area contributed by atoms with Crippen molar-refractivity contribution in [2.45, 2.75) is 63.8 Å². The molecule has 1 aromatic rings. The van der Waals surface area contributed by atoms with Crippen molar-refractivity contribution in [1.82, 2.24) is 0 Å². The average molecular weight is 467 g/mol. The van der Waals surface area contributed by atoms with E-state index in [4.69, 9.17) is 28.4 Å². The molecule has 182 valence electrons. The van der Waals surface area contributed by atoms with Crippen molar-refractivity contribution in [3.05, 3.63) is 41.2 Å². The Labute approximate surface area is 192 Å². The Morgan fingerprint density at radius 2 is 1.97 bits per heavy atom. The molecule has 0 spiro atoms. The Hall–Kier alpha value is -2.46. The molecule has 0 aromatic heterocycles. The highest BCUT2D eigenvalue weighted by Crippen LogP contribution is 2.35. The number of carbonyl (C=O) groups is 1. The van der Waals surface area contributed by atoms with E-state index >= 15 is 0 Å². The molecule has 9 heteroatoms.